The van der Waals surface area contributed by atoms with Gasteiger partial charge in [-0.05, 0) is 50.5 Å². The first-order chi connectivity index (χ1) is 11.7. The lowest BCUT2D eigenvalue weighted by atomic mass is 9.97. The van der Waals surface area contributed by atoms with Gasteiger partial charge in [0.1, 0.15) is 0 Å². The van der Waals surface area contributed by atoms with Crippen molar-refractivity contribution in [2.75, 3.05) is 13.2 Å². The van der Waals surface area contributed by atoms with Crippen LogP contribution in [0.25, 0.3) is 0 Å². The second-order valence-corrected chi connectivity index (χ2v) is 7.64. The van der Waals surface area contributed by atoms with E-state index in [4.69, 9.17) is 9.84 Å². The lowest BCUT2D eigenvalue weighted by molar-refractivity contribution is -0.141. The smallest absolute Gasteiger partial charge is 0.226 e. The van der Waals surface area contributed by atoms with Crippen LogP contribution in [0.5, 0.6) is 0 Å². The molecule has 1 aromatic rings. The Kier molecular flexibility index (Phi) is 4.61. The molecule has 132 valence electrons. The highest BCUT2D eigenvalue weighted by molar-refractivity contribution is 5.79. The number of carbonyl (C=O) groups excluding carboxylic acids is 1. The normalized spacial score (nSPS) is 22.0. The van der Waals surface area contributed by atoms with Crippen LogP contribution in [-0.2, 0) is 36.0 Å². The van der Waals surface area contributed by atoms with Crippen molar-refractivity contribution in [3.63, 3.8) is 0 Å². The molecule has 2 fully saturated rings. The van der Waals surface area contributed by atoms with Crippen molar-refractivity contribution in [1.29, 1.82) is 0 Å². The second kappa shape index (κ2) is 6.87. The third kappa shape index (κ3) is 2.99. The van der Waals surface area contributed by atoms with E-state index in [2.05, 4.69) is 4.90 Å². The Balaban J connectivity index is 1.56. The van der Waals surface area contributed by atoms with Crippen LogP contribution in [0.3, 0.4) is 0 Å². The fourth-order valence-electron chi connectivity index (χ4n) is 4.77. The van der Waals surface area contributed by atoms with Crippen LogP contribution in [0.2, 0.25) is 0 Å². The molecule has 0 spiro atoms. The van der Waals surface area contributed by atoms with E-state index in [1.165, 1.54) is 30.5 Å². The maximum Gasteiger partial charge on any atom is 0.226 e. The Morgan fingerprint density at radius 3 is 2.67 bits per heavy atom. The van der Waals surface area contributed by atoms with Gasteiger partial charge in [-0.25, -0.2) is 0 Å². The summed E-state index contributed by atoms with van der Waals surface area (Å²) in [6, 6.07) is 0.416. The summed E-state index contributed by atoms with van der Waals surface area (Å²) in [5.74, 6) is 0.499. The van der Waals surface area contributed by atoms with Crippen LogP contribution in [0.4, 0.5) is 0 Å². The highest BCUT2D eigenvalue weighted by Gasteiger charge is 2.34. The van der Waals surface area contributed by atoms with Gasteiger partial charge >= 0.3 is 0 Å². The molecule has 1 aromatic heterocycles. The zero-order valence-corrected chi connectivity index (χ0v) is 14.8. The molecule has 1 saturated carbocycles. The van der Waals surface area contributed by atoms with Gasteiger partial charge in [0.15, 0.2) is 0 Å². The molecule has 0 unspecified atom stereocenters. The predicted molar refractivity (Wildman–Crippen MR) is 91.6 cm³/mol. The summed E-state index contributed by atoms with van der Waals surface area (Å²) < 4.78 is 7.50. The Bertz CT molecular complexity index is 598. The van der Waals surface area contributed by atoms with E-state index in [0.29, 0.717) is 18.5 Å². The van der Waals surface area contributed by atoms with E-state index in [1.807, 2.05) is 11.7 Å². The SMILES string of the molecule is Cn1nc(CN(C(=O)C2CCOCC2)C2CCCC2)c2c1CCC2. The Morgan fingerprint density at radius 2 is 1.92 bits per heavy atom. The Labute approximate surface area is 144 Å². The van der Waals surface area contributed by atoms with Gasteiger partial charge in [-0.15, -0.1) is 0 Å². The van der Waals surface area contributed by atoms with Gasteiger partial charge in [0.2, 0.25) is 5.91 Å². The lowest BCUT2D eigenvalue weighted by Crippen LogP contribution is -2.43. The van der Waals surface area contributed by atoms with Gasteiger partial charge in [0, 0.05) is 37.9 Å². The fourth-order valence-corrected chi connectivity index (χ4v) is 4.77. The first-order valence-electron chi connectivity index (χ1n) is 9.66. The summed E-state index contributed by atoms with van der Waals surface area (Å²) in [5, 5.41) is 4.77. The maximum absolute atomic E-state index is 13.2. The van der Waals surface area contributed by atoms with Crippen LogP contribution in [0, 0.1) is 5.92 Å². The first-order valence-corrected chi connectivity index (χ1v) is 9.66. The molecule has 1 amide bonds. The van der Waals surface area contributed by atoms with Gasteiger partial charge in [0.25, 0.3) is 0 Å². The summed E-state index contributed by atoms with van der Waals surface area (Å²) in [6.45, 7) is 2.17. The highest BCUT2D eigenvalue weighted by Crippen LogP contribution is 2.31. The van der Waals surface area contributed by atoms with E-state index >= 15 is 0 Å². The molecule has 0 radical (unpaired) electrons. The molecule has 0 aromatic carbocycles. The van der Waals surface area contributed by atoms with Crippen LogP contribution >= 0.6 is 0 Å². The molecule has 4 rings (SSSR count). The summed E-state index contributed by atoms with van der Waals surface area (Å²) in [4.78, 5) is 15.4. The first kappa shape index (κ1) is 16.1. The number of hydrogen-bond acceptors (Lipinski definition) is 3. The average Bonchev–Trinajstić information content (AvgIpc) is 3.33. The van der Waals surface area contributed by atoms with Crippen molar-refractivity contribution >= 4 is 5.91 Å². The minimum atomic E-state index is 0.149. The molecular weight excluding hydrogens is 302 g/mol. The summed E-state index contributed by atoms with van der Waals surface area (Å²) in [6.07, 6.45) is 10.1. The van der Waals surface area contributed by atoms with Crippen LogP contribution in [-0.4, -0.2) is 39.8 Å². The minimum absolute atomic E-state index is 0.149. The second-order valence-electron chi connectivity index (χ2n) is 7.64. The molecule has 2 aliphatic carbocycles. The highest BCUT2D eigenvalue weighted by atomic mass is 16.5. The third-order valence-corrected chi connectivity index (χ3v) is 6.14. The number of amides is 1. The Morgan fingerprint density at radius 1 is 1.17 bits per heavy atom. The number of nitrogens with zero attached hydrogens (tertiary/aromatic N) is 3. The van der Waals surface area contributed by atoms with Crippen LogP contribution in [0.1, 0.15) is 61.9 Å². The summed E-state index contributed by atoms with van der Waals surface area (Å²) in [7, 11) is 2.05. The maximum atomic E-state index is 13.2. The molecule has 5 nitrogen and oxygen atoms in total. The fraction of sp³-hybridized carbons (Fsp3) is 0.789. The van der Waals surface area contributed by atoms with Crippen molar-refractivity contribution in [3.05, 3.63) is 17.0 Å². The van der Waals surface area contributed by atoms with E-state index < -0.39 is 0 Å². The molecule has 1 saturated heterocycles. The number of rotatable bonds is 4. The molecule has 0 N–H and O–H groups in total. The van der Waals surface area contributed by atoms with E-state index in [-0.39, 0.29) is 5.92 Å². The number of aromatic nitrogens is 2. The van der Waals surface area contributed by atoms with Gasteiger partial charge in [-0.2, -0.15) is 5.10 Å². The van der Waals surface area contributed by atoms with Gasteiger partial charge in [-0.3, -0.25) is 9.48 Å². The van der Waals surface area contributed by atoms with Crippen molar-refractivity contribution in [2.45, 2.75) is 70.4 Å². The lowest BCUT2D eigenvalue weighted by Gasteiger charge is -2.33. The quantitative estimate of drug-likeness (QED) is 0.852. The number of fused-ring (bicyclic) bond motifs is 1. The zero-order chi connectivity index (χ0) is 16.5. The molecule has 5 heteroatoms. The monoisotopic (exact) mass is 331 g/mol. The Hall–Kier alpha value is -1.36. The van der Waals surface area contributed by atoms with Crippen molar-refractivity contribution < 1.29 is 9.53 Å². The summed E-state index contributed by atoms with van der Waals surface area (Å²) >= 11 is 0. The van der Waals surface area contributed by atoms with Crippen LogP contribution < -0.4 is 0 Å². The molecule has 0 bridgehead atoms. The number of hydrogen-bond donors (Lipinski definition) is 0. The molecule has 2 heterocycles. The van der Waals surface area contributed by atoms with E-state index in [1.54, 1.807) is 0 Å². The van der Waals surface area contributed by atoms with Crippen molar-refractivity contribution in [2.24, 2.45) is 13.0 Å². The third-order valence-electron chi connectivity index (χ3n) is 6.14. The zero-order valence-electron chi connectivity index (χ0n) is 14.8. The molecule has 3 aliphatic rings. The molecular formula is C19H29N3O2. The van der Waals surface area contributed by atoms with Gasteiger partial charge < -0.3 is 9.64 Å². The largest absolute Gasteiger partial charge is 0.381 e. The average molecular weight is 331 g/mol. The van der Waals surface area contributed by atoms with Crippen molar-refractivity contribution in [3.8, 4) is 0 Å². The molecule has 1 aliphatic heterocycles. The minimum Gasteiger partial charge on any atom is -0.381 e. The van der Waals surface area contributed by atoms with Crippen molar-refractivity contribution in [1.82, 2.24) is 14.7 Å². The number of carbonyl (C=O) groups is 1. The van der Waals surface area contributed by atoms with Gasteiger partial charge in [-0.1, -0.05) is 12.8 Å². The number of ether oxygens (including phenoxy) is 1. The molecule has 0 atom stereocenters. The molecule has 24 heavy (non-hydrogen) atoms. The van der Waals surface area contributed by atoms with E-state index in [9.17, 15) is 4.79 Å². The predicted octanol–water partition coefficient (Wildman–Crippen LogP) is 2.61. The number of aryl methyl sites for hydroxylation is 1. The van der Waals surface area contributed by atoms with Crippen LogP contribution in [0.15, 0.2) is 0 Å². The standard InChI is InChI=1S/C19H29N3O2/c1-21-18-8-4-7-16(18)17(20-21)13-22(15-5-2-3-6-15)19(23)14-9-11-24-12-10-14/h14-15H,2-13H2,1H3. The summed E-state index contributed by atoms with van der Waals surface area (Å²) in [5.41, 5.74) is 3.95. The topological polar surface area (TPSA) is 47.4 Å². The van der Waals surface area contributed by atoms with Gasteiger partial charge in [0.05, 0.1) is 12.2 Å². The van der Waals surface area contributed by atoms with E-state index in [0.717, 1.165) is 57.4 Å².